The minimum atomic E-state index is 0.854. The molecule has 17 heavy (non-hydrogen) atoms. The molecule has 1 aromatic carbocycles. The number of hydrogen-bond donors (Lipinski definition) is 1. The van der Waals surface area contributed by atoms with E-state index >= 15 is 0 Å². The highest BCUT2D eigenvalue weighted by Crippen LogP contribution is 2.31. The summed E-state index contributed by atoms with van der Waals surface area (Å²) in [5.74, 6) is 0.980. The first kappa shape index (κ1) is 10.3. The summed E-state index contributed by atoms with van der Waals surface area (Å²) in [4.78, 5) is 4.39. The van der Waals surface area contributed by atoms with Gasteiger partial charge in [0.1, 0.15) is 6.33 Å². The lowest BCUT2D eigenvalue weighted by Crippen LogP contribution is -2.13. The van der Waals surface area contributed by atoms with Crippen molar-refractivity contribution in [1.29, 1.82) is 0 Å². The van der Waals surface area contributed by atoms with E-state index in [4.69, 9.17) is 0 Å². The normalized spacial score (nSPS) is 14.2. The average molecular weight is 228 g/mol. The molecule has 0 spiro atoms. The van der Waals surface area contributed by atoms with Gasteiger partial charge in [0.2, 0.25) is 0 Å². The van der Waals surface area contributed by atoms with E-state index in [1.807, 2.05) is 4.68 Å². The number of nitrogens with one attached hydrogen (secondary N) is 1. The standard InChI is InChI=1S/C13H16N4/c1-2-17-13(15-9-16-17)11-5-3-7-12-10(11)6-4-8-14-12/h3,5,7,9,14H,2,4,6,8H2,1H3. The Hall–Kier alpha value is -1.84. The Morgan fingerprint density at radius 1 is 1.41 bits per heavy atom. The number of rotatable bonds is 2. The zero-order valence-corrected chi connectivity index (χ0v) is 9.98. The van der Waals surface area contributed by atoms with Crippen LogP contribution in [-0.2, 0) is 13.0 Å². The number of aromatic nitrogens is 3. The van der Waals surface area contributed by atoms with Gasteiger partial charge in [-0.15, -0.1) is 0 Å². The fourth-order valence-corrected chi connectivity index (χ4v) is 2.42. The number of fused-ring (bicyclic) bond motifs is 1. The van der Waals surface area contributed by atoms with Crippen molar-refractivity contribution in [2.24, 2.45) is 0 Å². The highest BCUT2D eigenvalue weighted by Gasteiger charge is 2.16. The second-order valence-electron chi connectivity index (χ2n) is 4.26. The third-order valence-corrected chi connectivity index (χ3v) is 3.25. The van der Waals surface area contributed by atoms with Crippen molar-refractivity contribution >= 4 is 5.69 Å². The minimum absolute atomic E-state index is 0.854. The summed E-state index contributed by atoms with van der Waals surface area (Å²) in [5.41, 5.74) is 3.84. The smallest absolute Gasteiger partial charge is 0.158 e. The summed E-state index contributed by atoms with van der Waals surface area (Å²) in [5, 5.41) is 7.69. The Morgan fingerprint density at radius 3 is 3.24 bits per heavy atom. The lowest BCUT2D eigenvalue weighted by atomic mass is 9.97. The Balaban J connectivity index is 2.14. The molecule has 1 aromatic heterocycles. The summed E-state index contributed by atoms with van der Waals surface area (Å²) in [6.07, 6.45) is 3.94. The van der Waals surface area contributed by atoms with Gasteiger partial charge in [0.05, 0.1) is 0 Å². The van der Waals surface area contributed by atoms with Gasteiger partial charge in [0.15, 0.2) is 5.82 Å². The zero-order valence-electron chi connectivity index (χ0n) is 9.98. The predicted molar refractivity (Wildman–Crippen MR) is 67.9 cm³/mol. The molecule has 1 aliphatic heterocycles. The molecule has 0 saturated carbocycles. The summed E-state index contributed by atoms with van der Waals surface area (Å²) in [7, 11) is 0. The summed E-state index contributed by atoms with van der Waals surface area (Å²) in [6.45, 7) is 4.01. The van der Waals surface area contributed by atoms with Crippen molar-refractivity contribution < 1.29 is 0 Å². The molecule has 3 rings (SSSR count). The van der Waals surface area contributed by atoms with Crippen LogP contribution in [0, 0.1) is 0 Å². The highest BCUT2D eigenvalue weighted by molar-refractivity contribution is 5.70. The molecule has 0 bridgehead atoms. The molecule has 2 heterocycles. The van der Waals surface area contributed by atoms with Crippen LogP contribution in [0.4, 0.5) is 5.69 Å². The Morgan fingerprint density at radius 2 is 2.35 bits per heavy atom. The third kappa shape index (κ3) is 1.69. The topological polar surface area (TPSA) is 42.7 Å². The molecule has 0 aliphatic carbocycles. The van der Waals surface area contributed by atoms with Crippen LogP contribution in [0.2, 0.25) is 0 Å². The maximum atomic E-state index is 4.39. The maximum absolute atomic E-state index is 4.39. The Kier molecular flexibility index (Phi) is 2.55. The Labute approximate surface area is 101 Å². The van der Waals surface area contributed by atoms with Gasteiger partial charge in [0, 0.05) is 24.3 Å². The van der Waals surface area contributed by atoms with Gasteiger partial charge in [0.25, 0.3) is 0 Å². The molecule has 2 aromatic rings. The van der Waals surface area contributed by atoms with E-state index in [2.05, 4.69) is 40.5 Å². The average Bonchev–Trinajstić information content (AvgIpc) is 2.86. The van der Waals surface area contributed by atoms with Crippen molar-refractivity contribution in [2.45, 2.75) is 26.3 Å². The van der Waals surface area contributed by atoms with Gasteiger partial charge in [-0.05, 0) is 31.4 Å². The second kappa shape index (κ2) is 4.20. The van der Waals surface area contributed by atoms with Crippen molar-refractivity contribution in [3.63, 3.8) is 0 Å². The van der Waals surface area contributed by atoms with Gasteiger partial charge in [-0.25, -0.2) is 9.67 Å². The van der Waals surface area contributed by atoms with E-state index in [1.165, 1.54) is 23.2 Å². The minimum Gasteiger partial charge on any atom is -0.385 e. The quantitative estimate of drug-likeness (QED) is 0.857. The zero-order chi connectivity index (χ0) is 11.7. The number of aryl methyl sites for hydroxylation is 1. The van der Waals surface area contributed by atoms with Crippen LogP contribution in [0.1, 0.15) is 18.9 Å². The molecular weight excluding hydrogens is 212 g/mol. The van der Waals surface area contributed by atoms with E-state index in [0.29, 0.717) is 0 Å². The molecule has 4 nitrogen and oxygen atoms in total. The van der Waals surface area contributed by atoms with Crippen molar-refractivity contribution in [2.75, 3.05) is 11.9 Å². The molecule has 0 amide bonds. The van der Waals surface area contributed by atoms with E-state index in [9.17, 15) is 0 Å². The van der Waals surface area contributed by atoms with Crippen molar-refractivity contribution in [3.8, 4) is 11.4 Å². The fraction of sp³-hybridized carbons (Fsp3) is 0.385. The van der Waals surface area contributed by atoms with Gasteiger partial charge >= 0.3 is 0 Å². The van der Waals surface area contributed by atoms with Crippen molar-refractivity contribution in [1.82, 2.24) is 14.8 Å². The molecule has 4 heteroatoms. The largest absolute Gasteiger partial charge is 0.385 e. The van der Waals surface area contributed by atoms with Crippen LogP contribution in [0.15, 0.2) is 24.5 Å². The number of anilines is 1. The fourth-order valence-electron chi connectivity index (χ4n) is 2.42. The summed E-state index contributed by atoms with van der Waals surface area (Å²) >= 11 is 0. The van der Waals surface area contributed by atoms with E-state index in [0.717, 1.165) is 25.3 Å². The Bertz CT molecular complexity index is 530. The van der Waals surface area contributed by atoms with Gasteiger partial charge in [-0.1, -0.05) is 12.1 Å². The molecule has 0 saturated heterocycles. The highest BCUT2D eigenvalue weighted by atomic mass is 15.3. The maximum Gasteiger partial charge on any atom is 0.158 e. The van der Waals surface area contributed by atoms with Gasteiger partial charge in [-0.3, -0.25) is 0 Å². The first-order chi connectivity index (χ1) is 8.40. The summed E-state index contributed by atoms with van der Waals surface area (Å²) in [6, 6.07) is 6.37. The lowest BCUT2D eigenvalue weighted by molar-refractivity contribution is 0.665. The van der Waals surface area contributed by atoms with Crippen LogP contribution >= 0.6 is 0 Å². The molecule has 0 atom stereocenters. The molecule has 1 N–H and O–H groups in total. The molecule has 1 aliphatic rings. The second-order valence-corrected chi connectivity index (χ2v) is 4.26. The van der Waals surface area contributed by atoms with Crippen molar-refractivity contribution in [3.05, 3.63) is 30.1 Å². The van der Waals surface area contributed by atoms with Crippen LogP contribution < -0.4 is 5.32 Å². The molecule has 0 fully saturated rings. The predicted octanol–water partition coefficient (Wildman–Crippen LogP) is 2.32. The summed E-state index contributed by atoms with van der Waals surface area (Å²) < 4.78 is 1.95. The SMILES string of the molecule is CCn1ncnc1-c1cccc2c1CCCN2. The number of hydrogen-bond acceptors (Lipinski definition) is 3. The van der Waals surface area contributed by atoms with E-state index < -0.39 is 0 Å². The third-order valence-electron chi connectivity index (χ3n) is 3.25. The molecular formula is C13H16N4. The lowest BCUT2D eigenvalue weighted by Gasteiger charge is -2.20. The molecule has 0 radical (unpaired) electrons. The van der Waals surface area contributed by atoms with Gasteiger partial charge in [-0.2, -0.15) is 5.10 Å². The van der Waals surface area contributed by atoms with E-state index in [1.54, 1.807) is 6.33 Å². The van der Waals surface area contributed by atoms with Crippen LogP contribution in [-0.4, -0.2) is 21.3 Å². The van der Waals surface area contributed by atoms with Crippen LogP contribution in [0.3, 0.4) is 0 Å². The van der Waals surface area contributed by atoms with Gasteiger partial charge < -0.3 is 5.32 Å². The first-order valence-corrected chi connectivity index (χ1v) is 6.14. The van der Waals surface area contributed by atoms with E-state index in [-0.39, 0.29) is 0 Å². The molecule has 0 unspecified atom stereocenters. The number of benzene rings is 1. The molecule has 88 valence electrons. The van der Waals surface area contributed by atoms with Crippen LogP contribution in [0.25, 0.3) is 11.4 Å². The first-order valence-electron chi connectivity index (χ1n) is 6.14. The van der Waals surface area contributed by atoms with Crippen LogP contribution in [0.5, 0.6) is 0 Å². The monoisotopic (exact) mass is 228 g/mol. The number of nitrogens with zero attached hydrogens (tertiary/aromatic N) is 3.